The number of allylic oxidation sites excluding steroid dienone is 2. The average molecular weight is 405 g/mol. The number of cyclic esters (lactones) is 1. The van der Waals surface area contributed by atoms with E-state index in [0.29, 0.717) is 29.2 Å². The summed E-state index contributed by atoms with van der Waals surface area (Å²) in [6.45, 7) is 3.92. The van der Waals surface area contributed by atoms with E-state index in [-0.39, 0.29) is 11.3 Å². The molecule has 0 saturated heterocycles. The predicted octanol–water partition coefficient (Wildman–Crippen LogP) is 5.04. The van der Waals surface area contributed by atoms with Crippen molar-refractivity contribution in [3.63, 3.8) is 0 Å². The maximum absolute atomic E-state index is 10.9. The third-order valence-corrected chi connectivity index (χ3v) is 4.43. The molecular weight excluding hydrogens is 387 g/mol. The molecule has 1 atom stereocenters. The van der Waals surface area contributed by atoms with Crippen molar-refractivity contribution in [2.24, 2.45) is 0 Å². The standard InChI is InChI=1S/C13H13ClO2.C8H5ClO2/c1-2-11(9-13(15)16)12(14)8-10-6-4-3-5-7-10;9-6-1-2-7-5(3-6)4-11-8(7)10/h2-7,9,12H,1,8H2,(H,15,16);1-3H,4H2. The van der Waals surface area contributed by atoms with E-state index in [2.05, 4.69) is 6.58 Å². The Morgan fingerprint density at radius 3 is 2.59 bits per heavy atom. The molecule has 1 N–H and O–H groups in total. The zero-order chi connectivity index (χ0) is 19.8. The zero-order valence-electron chi connectivity index (χ0n) is 14.4. The van der Waals surface area contributed by atoms with Crippen LogP contribution in [0.1, 0.15) is 21.5 Å². The van der Waals surface area contributed by atoms with Gasteiger partial charge in [0, 0.05) is 16.7 Å². The van der Waals surface area contributed by atoms with Gasteiger partial charge in [-0.25, -0.2) is 9.59 Å². The number of ether oxygens (including phenoxy) is 1. The lowest BCUT2D eigenvalue weighted by Crippen LogP contribution is -2.07. The van der Waals surface area contributed by atoms with Crippen LogP contribution < -0.4 is 0 Å². The number of carbonyl (C=O) groups is 2. The molecule has 1 heterocycles. The number of hydrogen-bond acceptors (Lipinski definition) is 3. The Morgan fingerprint density at radius 2 is 1.96 bits per heavy atom. The van der Waals surface area contributed by atoms with Gasteiger partial charge in [-0.1, -0.05) is 54.6 Å². The first-order valence-corrected chi connectivity index (χ1v) is 8.92. The number of rotatable bonds is 5. The second-order valence-electron chi connectivity index (χ2n) is 5.72. The largest absolute Gasteiger partial charge is 0.478 e. The molecule has 1 unspecified atom stereocenters. The summed E-state index contributed by atoms with van der Waals surface area (Å²) < 4.78 is 4.78. The lowest BCUT2D eigenvalue weighted by atomic mass is 10.0. The molecule has 0 fully saturated rings. The number of carboxylic acids is 1. The molecule has 0 saturated carbocycles. The van der Waals surface area contributed by atoms with Gasteiger partial charge in [-0.05, 0) is 35.8 Å². The summed E-state index contributed by atoms with van der Waals surface area (Å²) >= 11 is 11.8. The van der Waals surface area contributed by atoms with E-state index in [1.807, 2.05) is 30.3 Å². The first-order valence-electron chi connectivity index (χ1n) is 8.11. The van der Waals surface area contributed by atoms with Crippen molar-refractivity contribution in [3.8, 4) is 0 Å². The van der Waals surface area contributed by atoms with Crippen LogP contribution in [0.4, 0.5) is 0 Å². The molecule has 1 aliphatic rings. The van der Waals surface area contributed by atoms with Crippen LogP contribution in [0, 0.1) is 0 Å². The van der Waals surface area contributed by atoms with Crippen LogP contribution in [0.25, 0.3) is 0 Å². The maximum Gasteiger partial charge on any atom is 0.338 e. The second kappa shape index (κ2) is 9.95. The third-order valence-electron chi connectivity index (χ3n) is 3.79. The number of carboxylic acid groups (broad SMARTS) is 1. The molecule has 0 amide bonds. The normalized spacial score (nSPS) is 13.7. The number of benzene rings is 2. The number of halogens is 2. The molecule has 2 aromatic rings. The molecule has 4 nitrogen and oxygen atoms in total. The van der Waals surface area contributed by atoms with Crippen molar-refractivity contribution in [2.75, 3.05) is 0 Å². The van der Waals surface area contributed by atoms with Crippen LogP contribution >= 0.6 is 23.2 Å². The van der Waals surface area contributed by atoms with E-state index in [4.69, 9.17) is 33.0 Å². The van der Waals surface area contributed by atoms with Crippen molar-refractivity contribution < 1.29 is 19.4 Å². The van der Waals surface area contributed by atoms with Gasteiger partial charge < -0.3 is 9.84 Å². The fourth-order valence-corrected chi connectivity index (χ4v) is 2.99. The minimum atomic E-state index is -1.01. The summed E-state index contributed by atoms with van der Waals surface area (Å²) in [7, 11) is 0. The highest BCUT2D eigenvalue weighted by atomic mass is 35.5. The highest BCUT2D eigenvalue weighted by molar-refractivity contribution is 6.30. The molecule has 27 heavy (non-hydrogen) atoms. The second-order valence-corrected chi connectivity index (χ2v) is 6.68. The van der Waals surface area contributed by atoms with Crippen molar-refractivity contribution in [2.45, 2.75) is 18.4 Å². The fraction of sp³-hybridized carbons (Fsp3) is 0.143. The Labute approximate surface area is 167 Å². The average Bonchev–Trinajstić information content (AvgIpc) is 3.01. The van der Waals surface area contributed by atoms with Crippen LogP contribution in [0.2, 0.25) is 5.02 Å². The molecule has 0 aromatic heterocycles. The fourth-order valence-electron chi connectivity index (χ4n) is 2.46. The molecule has 140 valence electrons. The number of fused-ring (bicyclic) bond motifs is 1. The number of alkyl halides is 1. The Balaban J connectivity index is 0.000000206. The molecule has 3 rings (SSSR count). The Kier molecular flexibility index (Phi) is 7.65. The van der Waals surface area contributed by atoms with Gasteiger partial charge in [0.25, 0.3) is 0 Å². The highest BCUT2D eigenvalue weighted by Gasteiger charge is 2.20. The summed E-state index contributed by atoms with van der Waals surface area (Å²) in [5, 5.41) is 8.92. The van der Waals surface area contributed by atoms with Gasteiger partial charge in [-0.15, -0.1) is 11.6 Å². The van der Waals surface area contributed by atoms with Crippen LogP contribution in [0.5, 0.6) is 0 Å². The minimum absolute atomic E-state index is 0.253. The van der Waals surface area contributed by atoms with Crippen LogP contribution in [0.3, 0.4) is 0 Å². The predicted molar refractivity (Wildman–Crippen MR) is 106 cm³/mol. The topological polar surface area (TPSA) is 63.6 Å². The van der Waals surface area contributed by atoms with Crippen molar-refractivity contribution in [1.82, 2.24) is 0 Å². The molecule has 2 aromatic carbocycles. The Hall–Kier alpha value is -2.56. The lowest BCUT2D eigenvalue weighted by Gasteiger charge is -2.09. The summed E-state index contributed by atoms with van der Waals surface area (Å²) in [6.07, 6.45) is 3.16. The summed E-state index contributed by atoms with van der Waals surface area (Å²) in [5.41, 5.74) is 3.11. The first kappa shape index (κ1) is 20.7. The first-order chi connectivity index (χ1) is 12.9. The van der Waals surface area contributed by atoms with Gasteiger partial charge >= 0.3 is 11.9 Å². The van der Waals surface area contributed by atoms with Gasteiger partial charge in [0.15, 0.2) is 0 Å². The van der Waals surface area contributed by atoms with Crippen molar-refractivity contribution in [3.05, 3.63) is 94.5 Å². The molecule has 0 radical (unpaired) electrons. The molecule has 1 aliphatic heterocycles. The van der Waals surface area contributed by atoms with Crippen LogP contribution in [-0.2, 0) is 22.6 Å². The van der Waals surface area contributed by atoms with Gasteiger partial charge in [-0.2, -0.15) is 0 Å². The third kappa shape index (κ3) is 6.27. The van der Waals surface area contributed by atoms with Crippen molar-refractivity contribution >= 4 is 35.1 Å². The summed E-state index contributed by atoms with van der Waals surface area (Å²) in [4.78, 5) is 21.5. The molecule has 0 aliphatic carbocycles. The Morgan fingerprint density at radius 1 is 1.26 bits per heavy atom. The maximum atomic E-state index is 10.9. The smallest absolute Gasteiger partial charge is 0.338 e. The summed E-state index contributed by atoms with van der Waals surface area (Å²) in [5.74, 6) is -1.26. The van der Waals surface area contributed by atoms with E-state index in [0.717, 1.165) is 17.2 Å². The minimum Gasteiger partial charge on any atom is -0.478 e. The monoisotopic (exact) mass is 404 g/mol. The van der Waals surface area contributed by atoms with E-state index in [1.54, 1.807) is 18.2 Å². The van der Waals surface area contributed by atoms with Crippen LogP contribution in [0.15, 0.2) is 72.8 Å². The molecular formula is C21H18Cl2O4. The molecule has 0 bridgehead atoms. The van der Waals surface area contributed by atoms with Crippen LogP contribution in [-0.4, -0.2) is 22.4 Å². The van der Waals surface area contributed by atoms with E-state index >= 15 is 0 Å². The number of aliphatic carboxylic acids is 1. The lowest BCUT2D eigenvalue weighted by molar-refractivity contribution is -0.131. The summed E-state index contributed by atoms with van der Waals surface area (Å²) in [6, 6.07) is 14.8. The van der Waals surface area contributed by atoms with E-state index in [9.17, 15) is 9.59 Å². The van der Waals surface area contributed by atoms with E-state index in [1.165, 1.54) is 6.08 Å². The van der Waals surface area contributed by atoms with Gasteiger partial charge in [0.2, 0.25) is 0 Å². The van der Waals surface area contributed by atoms with Gasteiger partial charge in [0.05, 0.1) is 10.9 Å². The molecule has 6 heteroatoms. The Bertz CT molecular complexity index is 860. The number of hydrogen-bond donors (Lipinski definition) is 1. The highest BCUT2D eigenvalue weighted by Crippen LogP contribution is 2.22. The van der Waals surface area contributed by atoms with Crippen molar-refractivity contribution in [1.29, 1.82) is 0 Å². The number of carbonyl (C=O) groups excluding carboxylic acids is 1. The number of esters is 1. The molecule has 0 spiro atoms. The van der Waals surface area contributed by atoms with Gasteiger partial charge in [0.1, 0.15) is 6.61 Å². The zero-order valence-corrected chi connectivity index (χ0v) is 15.9. The van der Waals surface area contributed by atoms with Gasteiger partial charge in [-0.3, -0.25) is 0 Å². The quantitative estimate of drug-likeness (QED) is 0.328. The SMILES string of the molecule is C=CC(=CC(=O)O)C(Cl)Cc1ccccc1.O=C1OCc2cc(Cl)ccc21. The van der Waals surface area contributed by atoms with E-state index < -0.39 is 5.97 Å².